The summed E-state index contributed by atoms with van der Waals surface area (Å²) in [6.45, 7) is 11.3. The number of rotatable bonds is 9. The molecule has 0 radical (unpaired) electrons. The molecule has 0 fully saturated rings. The maximum atomic E-state index is 9.27. The van der Waals surface area contributed by atoms with E-state index in [0.29, 0.717) is 12.0 Å². The number of nitrogens with one attached hydrogen (secondary N) is 1. The Hall–Kier alpha value is 0.270. The fourth-order valence-electron chi connectivity index (χ4n) is 1.70. The summed E-state index contributed by atoms with van der Waals surface area (Å²) in [6.07, 6.45) is 1.05. The van der Waals surface area contributed by atoms with E-state index in [2.05, 4.69) is 39.9 Å². The summed E-state index contributed by atoms with van der Waals surface area (Å²) in [5, 5.41) is 12.8. The second kappa shape index (κ2) is 9.32. The molecule has 0 rings (SSSR count). The van der Waals surface area contributed by atoms with Crippen LogP contribution in [-0.2, 0) is 0 Å². The van der Waals surface area contributed by atoms with E-state index in [0.717, 1.165) is 18.1 Å². The Labute approximate surface area is 106 Å². The lowest BCUT2D eigenvalue weighted by Crippen LogP contribution is -2.41. The maximum absolute atomic E-state index is 9.27. The molecule has 0 amide bonds. The summed E-state index contributed by atoms with van der Waals surface area (Å²) in [5.74, 6) is 3.76. The van der Waals surface area contributed by atoms with Crippen LogP contribution >= 0.6 is 11.8 Å². The Morgan fingerprint density at radius 1 is 1.00 bits per heavy atom. The lowest BCUT2D eigenvalue weighted by atomic mass is 10.0. The van der Waals surface area contributed by atoms with Crippen LogP contribution in [0.25, 0.3) is 0 Å². The largest absolute Gasteiger partial charge is 0.395 e. The van der Waals surface area contributed by atoms with Crippen molar-refractivity contribution in [3.05, 3.63) is 0 Å². The molecule has 0 aromatic carbocycles. The van der Waals surface area contributed by atoms with Gasteiger partial charge in [-0.15, -0.1) is 0 Å². The quantitative estimate of drug-likeness (QED) is 0.657. The fraction of sp³-hybridized carbons (Fsp3) is 1.00. The molecule has 0 aliphatic carbocycles. The van der Waals surface area contributed by atoms with Gasteiger partial charge in [-0.05, 0) is 30.9 Å². The predicted molar refractivity (Wildman–Crippen MR) is 75.1 cm³/mol. The van der Waals surface area contributed by atoms with Crippen LogP contribution in [0.2, 0.25) is 0 Å². The van der Waals surface area contributed by atoms with Crippen molar-refractivity contribution in [2.45, 2.75) is 53.1 Å². The maximum Gasteiger partial charge on any atom is 0.0584 e. The first-order valence-corrected chi connectivity index (χ1v) is 7.55. The zero-order chi connectivity index (χ0) is 12.6. The first-order chi connectivity index (χ1) is 7.45. The van der Waals surface area contributed by atoms with Gasteiger partial charge in [0, 0.05) is 17.8 Å². The van der Waals surface area contributed by atoms with Crippen LogP contribution in [-0.4, -0.2) is 35.3 Å². The van der Waals surface area contributed by atoms with Crippen LogP contribution in [0.3, 0.4) is 0 Å². The number of aliphatic hydroxyl groups excluding tert-OH is 1. The molecule has 0 aliphatic rings. The second-order valence-corrected chi connectivity index (χ2v) is 6.58. The molecule has 2 unspecified atom stereocenters. The lowest BCUT2D eigenvalue weighted by molar-refractivity contribution is 0.218. The van der Waals surface area contributed by atoms with Gasteiger partial charge in [-0.1, -0.05) is 27.7 Å². The molecular formula is C13H29NOS. The summed E-state index contributed by atoms with van der Waals surface area (Å²) in [5.41, 5.74) is 0. The van der Waals surface area contributed by atoms with E-state index in [-0.39, 0.29) is 12.6 Å². The molecule has 0 heterocycles. The predicted octanol–water partition coefficient (Wildman–Crippen LogP) is 2.76. The summed E-state index contributed by atoms with van der Waals surface area (Å²) >= 11 is 2.00. The zero-order valence-electron chi connectivity index (χ0n) is 11.5. The third-order valence-electron chi connectivity index (χ3n) is 2.32. The van der Waals surface area contributed by atoms with E-state index in [9.17, 15) is 5.11 Å². The highest BCUT2D eigenvalue weighted by atomic mass is 32.2. The van der Waals surface area contributed by atoms with Gasteiger partial charge in [-0.2, -0.15) is 11.8 Å². The van der Waals surface area contributed by atoms with Crippen LogP contribution in [0, 0.1) is 11.8 Å². The van der Waals surface area contributed by atoms with Gasteiger partial charge < -0.3 is 10.4 Å². The number of hydrogen-bond donors (Lipinski definition) is 2. The molecule has 2 nitrogen and oxygen atoms in total. The normalized spacial score (nSPS) is 15.8. The summed E-state index contributed by atoms with van der Waals surface area (Å²) < 4.78 is 0. The highest BCUT2D eigenvalue weighted by molar-refractivity contribution is 7.99. The average Bonchev–Trinajstić information content (AvgIpc) is 2.15. The van der Waals surface area contributed by atoms with Crippen molar-refractivity contribution < 1.29 is 5.11 Å². The minimum atomic E-state index is 0.247. The van der Waals surface area contributed by atoms with Crippen molar-refractivity contribution in [1.82, 2.24) is 5.32 Å². The van der Waals surface area contributed by atoms with E-state index < -0.39 is 0 Å². The molecule has 0 spiro atoms. The van der Waals surface area contributed by atoms with Gasteiger partial charge in [-0.3, -0.25) is 0 Å². The van der Waals surface area contributed by atoms with Gasteiger partial charge in [0.05, 0.1) is 6.61 Å². The first kappa shape index (κ1) is 16.3. The van der Waals surface area contributed by atoms with E-state index >= 15 is 0 Å². The van der Waals surface area contributed by atoms with Crippen molar-refractivity contribution >= 4 is 11.8 Å². The van der Waals surface area contributed by atoms with E-state index in [1.807, 2.05) is 11.8 Å². The molecule has 16 heavy (non-hydrogen) atoms. The van der Waals surface area contributed by atoms with Gasteiger partial charge in [0.25, 0.3) is 0 Å². The Kier molecular flexibility index (Phi) is 9.47. The van der Waals surface area contributed by atoms with Crippen molar-refractivity contribution in [1.29, 1.82) is 0 Å². The van der Waals surface area contributed by atoms with Gasteiger partial charge >= 0.3 is 0 Å². The van der Waals surface area contributed by atoms with Crippen LogP contribution < -0.4 is 5.32 Å². The number of hydrogen-bond acceptors (Lipinski definition) is 3. The molecule has 0 aliphatic heterocycles. The molecule has 2 atom stereocenters. The Balaban J connectivity index is 3.69. The van der Waals surface area contributed by atoms with Gasteiger partial charge in [0.1, 0.15) is 0 Å². The number of aliphatic hydroxyl groups is 1. The molecule has 2 N–H and O–H groups in total. The smallest absolute Gasteiger partial charge is 0.0584 e. The summed E-state index contributed by atoms with van der Waals surface area (Å²) in [6, 6.07) is 0.745. The van der Waals surface area contributed by atoms with Gasteiger partial charge in [-0.25, -0.2) is 0 Å². The van der Waals surface area contributed by atoms with Crippen LogP contribution in [0.4, 0.5) is 0 Å². The van der Waals surface area contributed by atoms with Crippen LogP contribution in [0.5, 0.6) is 0 Å². The van der Waals surface area contributed by atoms with Crippen molar-refractivity contribution in [2.75, 3.05) is 18.1 Å². The lowest BCUT2D eigenvalue weighted by Gasteiger charge is -2.23. The molecular weight excluding hydrogens is 218 g/mol. The van der Waals surface area contributed by atoms with Gasteiger partial charge in [0.2, 0.25) is 0 Å². The highest BCUT2D eigenvalue weighted by Gasteiger charge is 2.12. The van der Waals surface area contributed by atoms with Gasteiger partial charge in [0.15, 0.2) is 0 Å². The molecule has 3 heteroatoms. The average molecular weight is 247 g/mol. The topological polar surface area (TPSA) is 32.3 Å². The molecule has 0 aromatic heterocycles. The minimum absolute atomic E-state index is 0.247. The molecule has 0 saturated carbocycles. The Bertz CT molecular complexity index is 162. The second-order valence-electron chi connectivity index (χ2n) is 5.51. The minimum Gasteiger partial charge on any atom is -0.395 e. The third kappa shape index (κ3) is 9.49. The fourth-order valence-corrected chi connectivity index (χ4v) is 2.75. The van der Waals surface area contributed by atoms with E-state index in [1.54, 1.807) is 0 Å². The summed E-state index contributed by atoms with van der Waals surface area (Å²) in [7, 11) is 0. The molecule has 0 saturated heterocycles. The molecule has 0 aromatic rings. The Morgan fingerprint density at radius 2 is 1.62 bits per heavy atom. The van der Waals surface area contributed by atoms with E-state index in [1.165, 1.54) is 5.75 Å². The first-order valence-electron chi connectivity index (χ1n) is 6.40. The number of thioether (sulfide) groups is 1. The zero-order valence-corrected chi connectivity index (χ0v) is 12.3. The SMILES string of the molecule is CC(C)CSCC(C)NC(CO)CC(C)C. The summed E-state index contributed by atoms with van der Waals surface area (Å²) in [4.78, 5) is 0. The van der Waals surface area contributed by atoms with E-state index in [4.69, 9.17) is 0 Å². The van der Waals surface area contributed by atoms with Crippen molar-refractivity contribution in [3.63, 3.8) is 0 Å². The molecule has 0 bridgehead atoms. The van der Waals surface area contributed by atoms with Crippen LogP contribution in [0.15, 0.2) is 0 Å². The third-order valence-corrected chi connectivity index (χ3v) is 3.95. The standard InChI is InChI=1S/C13H29NOS/c1-10(2)6-13(7-15)14-12(5)9-16-8-11(3)4/h10-15H,6-9H2,1-5H3. The van der Waals surface area contributed by atoms with Crippen molar-refractivity contribution in [2.24, 2.45) is 11.8 Å². The van der Waals surface area contributed by atoms with Crippen LogP contribution in [0.1, 0.15) is 41.0 Å². The Morgan fingerprint density at radius 3 is 2.06 bits per heavy atom. The molecule has 98 valence electrons. The monoisotopic (exact) mass is 247 g/mol. The highest BCUT2D eigenvalue weighted by Crippen LogP contribution is 2.10. The van der Waals surface area contributed by atoms with Crippen molar-refractivity contribution in [3.8, 4) is 0 Å².